The van der Waals surface area contributed by atoms with Crippen molar-refractivity contribution in [2.24, 2.45) is 0 Å². The number of aryl methyl sites for hydroxylation is 1. The Labute approximate surface area is 190 Å². The monoisotopic (exact) mass is 439 g/mol. The highest BCUT2D eigenvalue weighted by molar-refractivity contribution is 5.97. The van der Waals surface area contributed by atoms with Gasteiger partial charge in [-0.15, -0.1) is 0 Å². The summed E-state index contributed by atoms with van der Waals surface area (Å²) in [4.78, 5) is 17.8. The van der Waals surface area contributed by atoms with Crippen molar-refractivity contribution in [3.63, 3.8) is 0 Å². The first-order valence-corrected chi connectivity index (χ1v) is 11.3. The Morgan fingerprint density at radius 3 is 2.66 bits per heavy atom. The fourth-order valence-corrected chi connectivity index (χ4v) is 4.63. The van der Waals surface area contributed by atoms with E-state index in [9.17, 15) is 4.79 Å². The van der Waals surface area contributed by atoms with Crippen LogP contribution >= 0.6 is 0 Å². The van der Waals surface area contributed by atoms with Gasteiger partial charge < -0.3 is 24.4 Å². The Bertz CT molecular complexity index is 943. The van der Waals surface area contributed by atoms with Gasteiger partial charge in [0.15, 0.2) is 0 Å². The summed E-state index contributed by atoms with van der Waals surface area (Å²) in [6, 6.07) is 12.1. The number of morpholine rings is 1. The van der Waals surface area contributed by atoms with E-state index in [0.29, 0.717) is 36.8 Å². The quantitative estimate of drug-likeness (QED) is 0.716. The maximum Gasteiger partial charge on any atom is 0.255 e. The van der Waals surface area contributed by atoms with Crippen LogP contribution in [0, 0.1) is 0 Å². The van der Waals surface area contributed by atoms with E-state index in [1.54, 1.807) is 32.4 Å². The second-order valence-corrected chi connectivity index (χ2v) is 8.35. The van der Waals surface area contributed by atoms with Crippen LogP contribution in [0.4, 0.5) is 5.69 Å². The van der Waals surface area contributed by atoms with Crippen LogP contribution in [0.2, 0.25) is 0 Å². The Kier molecular flexibility index (Phi) is 7.17. The first kappa shape index (κ1) is 22.4. The molecule has 0 spiro atoms. The van der Waals surface area contributed by atoms with E-state index in [1.807, 2.05) is 0 Å². The number of carbonyl (C=O) groups is 1. The molecule has 0 radical (unpaired) electrons. The topological polar surface area (TPSA) is 63.3 Å². The van der Waals surface area contributed by atoms with E-state index in [2.05, 4.69) is 40.4 Å². The lowest BCUT2D eigenvalue weighted by Gasteiger charge is -2.36. The summed E-state index contributed by atoms with van der Waals surface area (Å²) in [6.45, 7) is 4.74. The maximum absolute atomic E-state index is 13.0. The molecule has 32 heavy (non-hydrogen) atoms. The second-order valence-electron chi connectivity index (χ2n) is 8.35. The third kappa shape index (κ3) is 4.84. The summed E-state index contributed by atoms with van der Waals surface area (Å²) < 4.78 is 16.2. The van der Waals surface area contributed by atoms with Gasteiger partial charge in [0.1, 0.15) is 11.5 Å². The lowest BCUT2D eigenvalue weighted by Crippen LogP contribution is -2.44. The molecule has 1 fully saturated rings. The van der Waals surface area contributed by atoms with Crippen LogP contribution in [-0.4, -0.2) is 71.5 Å². The molecule has 1 N–H and O–H groups in total. The van der Waals surface area contributed by atoms with E-state index in [-0.39, 0.29) is 11.9 Å². The van der Waals surface area contributed by atoms with Crippen molar-refractivity contribution in [3.8, 4) is 11.5 Å². The van der Waals surface area contributed by atoms with E-state index in [0.717, 1.165) is 26.1 Å². The summed E-state index contributed by atoms with van der Waals surface area (Å²) in [6.07, 6.45) is 2.27. The standard InChI is InChI=1S/C25H33N3O4/c1-27-10-4-5-18-15-19(6-9-22(18)27)23(28-11-13-32-14-12-28)17-26-25(29)21-8-7-20(30-2)16-24(21)31-3/h6-9,15-16,23H,4-5,10-14,17H2,1-3H3,(H,26,29). The molecule has 2 aromatic rings. The van der Waals surface area contributed by atoms with E-state index in [4.69, 9.17) is 14.2 Å². The lowest BCUT2D eigenvalue weighted by molar-refractivity contribution is 0.0162. The third-order valence-corrected chi connectivity index (χ3v) is 6.43. The average molecular weight is 440 g/mol. The molecule has 0 bridgehead atoms. The largest absolute Gasteiger partial charge is 0.497 e. The fourth-order valence-electron chi connectivity index (χ4n) is 4.63. The average Bonchev–Trinajstić information content (AvgIpc) is 2.84. The third-order valence-electron chi connectivity index (χ3n) is 6.43. The van der Waals surface area contributed by atoms with Crippen LogP contribution in [0.3, 0.4) is 0 Å². The molecule has 0 saturated carbocycles. The number of hydrogen-bond acceptors (Lipinski definition) is 6. The van der Waals surface area contributed by atoms with Gasteiger partial charge in [-0.2, -0.15) is 0 Å². The highest BCUT2D eigenvalue weighted by atomic mass is 16.5. The molecule has 2 aliphatic heterocycles. The molecule has 2 aromatic carbocycles. The van der Waals surface area contributed by atoms with Crippen molar-refractivity contribution in [1.29, 1.82) is 0 Å². The predicted molar refractivity (Wildman–Crippen MR) is 125 cm³/mol. The minimum absolute atomic E-state index is 0.0876. The molecule has 0 aliphatic carbocycles. The molecule has 2 heterocycles. The van der Waals surface area contributed by atoms with Gasteiger partial charge in [0.2, 0.25) is 0 Å². The van der Waals surface area contributed by atoms with Gasteiger partial charge in [-0.3, -0.25) is 9.69 Å². The van der Waals surface area contributed by atoms with Crippen LogP contribution in [0.25, 0.3) is 0 Å². The Hall–Kier alpha value is -2.77. The predicted octanol–water partition coefficient (Wildman–Crippen LogP) is 2.89. The van der Waals surface area contributed by atoms with Gasteiger partial charge in [0.25, 0.3) is 5.91 Å². The molecule has 1 atom stereocenters. The van der Waals surface area contributed by atoms with Gasteiger partial charge >= 0.3 is 0 Å². The number of nitrogens with one attached hydrogen (secondary N) is 1. The number of fused-ring (bicyclic) bond motifs is 1. The number of anilines is 1. The van der Waals surface area contributed by atoms with Crippen LogP contribution < -0.4 is 19.7 Å². The number of amides is 1. The summed E-state index contributed by atoms with van der Waals surface area (Å²) >= 11 is 0. The fraction of sp³-hybridized carbons (Fsp3) is 0.480. The van der Waals surface area contributed by atoms with Crippen molar-refractivity contribution < 1.29 is 19.0 Å². The normalized spacial score (nSPS) is 17.4. The second kappa shape index (κ2) is 10.2. The first-order valence-electron chi connectivity index (χ1n) is 11.3. The SMILES string of the molecule is COc1ccc(C(=O)NCC(c2ccc3c(c2)CCCN3C)N2CCOCC2)c(OC)c1. The number of nitrogens with zero attached hydrogens (tertiary/aromatic N) is 2. The summed E-state index contributed by atoms with van der Waals surface area (Å²) in [5.41, 5.74) is 4.44. The van der Waals surface area contributed by atoms with Crippen molar-refractivity contribution in [2.75, 3.05) is 65.6 Å². The Balaban J connectivity index is 1.55. The molecule has 172 valence electrons. The van der Waals surface area contributed by atoms with Crippen molar-refractivity contribution in [2.45, 2.75) is 18.9 Å². The van der Waals surface area contributed by atoms with Gasteiger partial charge in [0, 0.05) is 45.0 Å². The van der Waals surface area contributed by atoms with E-state index < -0.39 is 0 Å². The van der Waals surface area contributed by atoms with E-state index in [1.165, 1.54) is 23.2 Å². The molecule has 7 nitrogen and oxygen atoms in total. The molecule has 7 heteroatoms. The zero-order valence-electron chi connectivity index (χ0n) is 19.2. The molecule has 0 aromatic heterocycles. The molecular weight excluding hydrogens is 406 g/mol. The van der Waals surface area contributed by atoms with Crippen molar-refractivity contribution >= 4 is 11.6 Å². The van der Waals surface area contributed by atoms with E-state index >= 15 is 0 Å². The molecule has 2 aliphatic rings. The van der Waals surface area contributed by atoms with Crippen LogP contribution in [0.5, 0.6) is 11.5 Å². The van der Waals surface area contributed by atoms with Crippen molar-refractivity contribution in [3.05, 3.63) is 53.1 Å². The number of carbonyl (C=O) groups excluding carboxylic acids is 1. The highest BCUT2D eigenvalue weighted by Crippen LogP contribution is 2.31. The number of ether oxygens (including phenoxy) is 3. The zero-order valence-corrected chi connectivity index (χ0v) is 19.2. The minimum Gasteiger partial charge on any atom is -0.497 e. The molecular formula is C25H33N3O4. The maximum atomic E-state index is 13.0. The number of rotatable bonds is 7. The van der Waals surface area contributed by atoms with Crippen LogP contribution in [0.1, 0.15) is 33.9 Å². The zero-order chi connectivity index (χ0) is 22.5. The lowest BCUT2D eigenvalue weighted by atomic mass is 9.95. The van der Waals surface area contributed by atoms with Gasteiger partial charge in [-0.1, -0.05) is 12.1 Å². The van der Waals surface area contributed by atoms with Crippen molar-refractivity contribution in [1.82, 2.24) is 10.2 Å². The summed E-state index contributed by atoms with van der Waals surface area (Å²) in [5.74, 6) is 1.01. The van der Waals surface area contributed by atoms with Gasteiger partial charge in [-0.25, -0.2) is 0 Å². The number of hydrogen-bond donors (Lipinski definition) is 1. The van der Waals surface area contributed by atoms with Gasteiger partial charge in [0.05, 0.1) is 39.0 Å². The molecule has 1 saturated heterocycles. The minimum atomic E-state index is -0.152. The Morgan fingerprint density at radius 1 is 1.09 bits per heavy atom. The summed E-state index contributed by atoms with van der Waals surface area (Å²) in [5, 5.41) is 3.14. The molecule has 4 rings (SSSR count). The highest BCUT2D eigenvalue weighted by Gasteiger charge is 2.25. The number of methoxy groups -OCH3 is 2. The Morgan fingerprint density at radius 2 is 1.91 bits per heavy atom. The van der Waals surface area contributed by atoms with Crippen LogP contribution in [-0.2, 0) is 11.2 Å². The van der Waals surface area contributed by atoms with Crippen LogP contribution in [0.15, 0.2) is 36.4 Å². The smallest absolute Gasteiger partial charge is 0.255 e. The molecule has 1 unspecified atom stereocenters. The first-order chi connectivity index (χ1) is 15.6. The molecule has 1 amide bonds. The summed E-state index contributed by atoms with van der Waals surface area (Å²) in [7, 11) is 5.31. The number of benzene rings is 2. The van der Waals surface area contributed by atoms with Gasteiger partial charge in [-0.05, 0) is 42.2 Å².